The lowest BCUT2D eigenvalue weighted by Gasteiger charge is -2.45. The fourth-order valence-electron chi connectivity index (χ4n) is 10.2. The zero-order chi connectivity index (χ0) is 39.0. The number of ether oxygens (including phenoxy) is 1. The van der Waals surface area contributed by atoms with E-state index >= 15 is 0 Å². The Labute approximate surface area is 337 Å². The highest BCUT2D eigenvalue weighted by atomic mass is 32.1. The summed E-state index contributed by atoms with van der Waals surface area (Å²) < 4.78 is 8.37. The maximum atomic E-state index is 13.6. The van der Waals surface area contributed by atoms with Crippen LogP contribution in [0.3, 0.4) is 0 Å². The van der Waals surface area contributed by atoms with E-state index in [0.717, 1.165) is 87.7 Å². The molecule has 56 heavy (non-hydrogen) atoms. The van der Waals surface area contributed by atoms with Crippen LogP contribution in [0.15, 0.2) is 42.0 Å². The van der Waals surface area contributed by atoms with Gasteiger partial charge in [0, 0.05) is 37.0 Å². The second kappa shape index (κ2) is 17.0. The molecule has 4 heterocycles. The first kappa shape index (κ1) is 39.6. The molecule has 0 spiro atoms. The smallest absolute Gasteiger partial charge is 0.349 e. The number of fused-ring (bicyclic) bond motifs is 4. The summed E-state index contributed by atoms with van der Waals surface area (Å²) in [5, 5.41) is 41.9. The maximum Gasteiger partial charge on any atom is 0.349 e. The number of imidazole rings is 1. The first-order valence-electron chi connectivity index (χ1n) is 20.7. The molecule has 1 amide bonds. The van der Waals surface area contributed by atoms with Crippen LogP contribution in [0, 0.1) is 18.8 Å². The summed E-state index contributed by atoms with van der Waals surface area (Å²) >= 11 is 2.80. The number of aryl methyl sites for hydroxylation is 3. The fraction of sp³-hybridized carbons (Fsp3) is 0.605. The topological polar surface area (TPSA) is 149 Å². The Hall–Kier alpha value is -3.17. The highest BCUT2D eigenvalue weighted by molar-refractivity contribution is 7.13. The minimum absolute atomic E-state index is 0.0000373. The second-order valence-electron chi connectivity index (χ2n) is 16.7. The van der Waals surface area contributed by atoms with Gasteiger partial charge in [-0.1, -0.05) is 6.07 Å². The number of aromatic nitrogens is 2. The first-order chi connectivity index (χ1) is 27.1. The van der Waals surface area contributed by atoms with Crippen molar-refractivity contribution < 1.29 is 29.6 Å². The highest BCUT2D eigenvalue weighted by Crippen LogP contribution is 2.40. The Morgan fingerprint density at radius 1 is 1.11 bits per heavy atom. The Morgan fingerprint density at radius 2 is 1.93 bits per heavy atom. The molecular weight excluding hydrogens is 747 g/mol. The standard InChI is InChI=1S/C43H57N5O6S2/c1-26-9-17-38(56-26)43(53,37-8-4-21-55-37)42(52)54-29-12-10-28(11-13-29)47(2)19-5-20-48-25-45-34-22-27(30-6-3-7-33(30)41(34)48)23-44-24-36(50)31-14-16-35(49)40-32(31)15-18-39(51)46-40/h4,8-9,17,21-22,25,28-29,31-32,35-36,40,44,49-50,53H,3,5-7,10-16,18-20,23-24H2,1-2H3,(H,46,51)/t28?,29?,31?,32?,35?,36-,40?,43-/m0/s1. The van der Waals surface area contributed by atoms with Crippen LogP contribution >= 0.6 is 22.7 Å². The van der Waals surface area contributed by atoms with Crippen molar-refractivity contribution in [2.24, 2.45) is 11.8 Å². The molecule has 4 aromatic rings. The Bertz CT molecular complexity index is 1990. The number of nitrogens with zero attached hydrogens (tertiary/aromatic N) is 3. The van der Waals surface area contributed by atoms with Gasteiger partial charge in [0.1, 0.15) is 6.10 Å². The van der Waals surface area contributed by atoms with E-state index in [1.54, 1.807) is 6.07 Å². The van der Waals surface area contributed by atoms with E-state index in [1.807, 2.05) is 36.8 Å². The number of carbonyl (C=O) groups excluding carboxylic acids is 2. The Morgan fingerprint density at radius 3 is 2.70 bits per heavy atom. The highest BCUT2D eigenvalue weighted by Gasteiger charge is 2.46. The van der Waals surface area contributed by atoms with Crippen LogP contribution in [-0.2, 0) is 45.9 Å². The minimum Gasteiger partial charge on any atom is -0.460 e. The number of aliphatic hydroxyl groups excluding tert-OH is 2. The number of esters is 1. The molecule has 13 heteroatoms. The van der Waals surface area contributed by atoms with Crippen LogP contribution in [0.25, 0.3) is 11.0 Å². The van der Waals surface area contributed by atoms with Gasteiger partial charge in [-0.2, -0.15) is 0 Å². The molecule has 2 saturated carbocycles. The van der Waals surface area contributed by atoms with Gasteiger partial charge in [0.25, 0.3) is 0 Å². The third-order valence-corrected chi connectivity index (χ3v) is 15.3. The van der Waals surface area contributed by atoms with Crippen molar-refractivity contribution in [2.45, 2.75) is 133 Å². The lowest BCUT2D eigenvalue weighted by molar-refractivity contribution is -0.169. The van der Waals surface area contributed by atoms with E-state index in [0.29, 0.717) is 41.7 Å². The lowest BCUT2D eigenvalue weighted by atomic mass is 9.68. The van der Waals surface area contributed by atoms with Gasteiger partial charge in [0.15, 0.2) is 0 Å². The summed E-state index contributed by atoms with van der Waals surface area (Å²) in [6.45, 7) is 4.99. The number of thiophene rings is 2. The summed E-state index contributed by atoms with van der Waals surface area (Å²) in [5.74, 6) is -0.409. The van der Waals surface area contributed by atoms with Gasteiger partial charge in [-0.15, -0.1) is 22.7 Å². The van der Waals surface area contributed by atoms with Crippen LogP contribution in [-0.4, -0.2) is 92.2 Å². The van der Waals surface area contributed by atoms with Crippen molar-refractivity contribution in [1.29, 1.82) is 0 Å². The van der Waals surface area contributed by atoms with E-state index in [9.17, 15) is 24.9 Å². The molecule has 302 valence electrons. The van der Waals surface area contributed by atoms with E-state index in [4.69, 9.17) is 9.72 Å². The summed E-state index contributed by atoms with van der Waals surface area (Å²) in [6.07, 6.45) is 11.0. The number of carbonyl (C=O) groups is 2. The molecule has 4 aliphatic rings. The van der Waals surface area contributed by atoms with E-state index in [1.165, 1.54) is 44.9 Å². The number of rotatable bonds is 14. The molecule has 0 radical (unpaired) electrons. The molecule has 1 aromatic carbocycles. The molecule has 11 nitrogen and oxygen atoms in total. The molecular formula is C43H57N5O6S2. The normalized spacial score (nSPS) is 26.8. The number of piperidine rings is 1. The van der Waals surface area contributed by atoms with Crippen molar-refractivity contribution in [1.82, 2.24) is 25.1 Å². The average Bonchev–Trinajstić information content (AvgIpc) is 4.03. The number of amides is 1. The monoisotopic (exact) mass is 803 g/mol. The van der Waals surface area contributed by atoms with Crippen molar-refractivity contribution in [2.75, 3.05) is 20.1 Å². The second-order valence-corrected chi connectivity index (χ2v) is 19.0. The SMILES string of the molecule is Cc1ccc([C@](O)(C(=O)OC2CCC(N(C)CCCn3cnc4cc(CNC[C@H](O)C5CCC(O)C6NC(=O)CCC65)c5c(c43)CCC5)CC2)c2cccs2)s1. The van der Waals surface area contributed by atoms with E-state index < -0.39 is 23.8 Å². The van der Waals surface area contributed by atoms with Gasteiger partial charge in [-0.25, -0.2) is 9.78 Å². The molecule has 0 bridgehead atoms. The summed E-state index contributed by atoms with van der Waals surface area (Å²) in [5.41, 5.74) is 4.63. The molecule has 5 N–H and O–H groups in total. The molecule has 3 aromatic heterocycles. The molecule has 4 unspecified atom stereocenters. The largest absolute Gasteiger partial charge is 0.460 e. The minimum atomic E-state index is -1.77. The molecule has 1 aliphatic heterocycles. The van der Waals surface area contributed by atoms with Crippen molar-refractivity contribution in [3.63, 3.8) is 0 Å². The third-order valence-electron chi connectivity index (χ3n) is 13.2. The maximum absolute atomic E-state index is 13.6. The quantitative estimate of drug-likeness (QED) is 0.109. The zero-order valence-electron chi connectivity index (χ0n) is 32.6. The number of aliphatic hydroxyl groups is 3. The van der Waals surface area contributed by atoms with E-state index in [2.05, 4.69) is 33.2 Å². The lowest BCUT2D eigenvalue weighted by Crippen LogP contribution is -2.58. The van der Waals surface area contributed by atoms with Crippen LogP contribution < -0.4 is 10.6 Å². The predicted octanol–water partition coefficient (Wildman–Crippen LogP) is 5.19. The first-order valence-corrected chi connectivity index (χ1v) is 22.4. The van der Waals surface area contributed by atoms with Crippen molar-refractivity contribution in [3.05, 3.63) is 73.4 Å². The van der Waals surface area contributed by atoms with Gasteiger partial charge in [0.2, 0.25) is 11.5 Å². The van der Waals surface area contributed by atoms with E-state index in [-0.39, 0.29) is 29.9 Å². The Kier molecular flexibility index (Phi) is 12.0. The molecule has 8 rings (SSSR count). The molecule has 3 aliphatic carbocycles. The number of hydrogen-bond acceptors (Lipinski definition) is 11. The van der Waals surface area contributed by atoms with Crippen LogP contribution in [0.1, 0.15) is 95.5 Å². The van der Waals surface area contributed by atoms with Gasteiger partial charge >= 0.3 is 5.97 Å². The number of benzene rings is 1. The van der Waals surface area contributed by atoms with Crippen LogP contribution in [0.2, 0.25) is 0 Å². The van der Waals surface area contributed by atoms with Gasteiger partial charge < -0.3 is 40.2 Å². The summed E-state index contributed by atoms with van der Waals surface area (Å²) in [7, 11) is 2.20. The number of hydrogen-bond donors (Lipinski definition) is 5. The van der Waals surface area contributed by atoms with Gasteiger partial charge in [-0.3, -0.25) is 4.79 Å². The van der Waals surface area contributed by atoms with Gasteiger partial charge in [-0.05, 0) is 149 Å². The van der Waals surface area contributed by atoms with Gasteiger partial charge in [0.05, 0.1) is 45.4 Å². The predicted molar refractivity (Wildman–Crippen MR) is 219 cm³/mol. The fourth-order valence-corrected chi connectivity index (χ4v) is 12.0. The van der Waals surface area contributed by atoms with Crippen LogP contribution in [0.4, 0.5) is 0 Å². The molecule has 3 fully saturated rings. The summed E-state index contributed by atoms with van der Waals surface area (Å²) in [6, 6.07) is 9.83. The average molecular weight is 804 g/mol. The Balaban J connectivity index is 0.821. The summed E-state index contributed by atoms with van der Waals surface area (Å²) in [4.78, 5) is 35.1. The number of nitrogens with one attached hydrogen (secondary N) is 2. The zero-order valence-corrected chi connectivity index (χ0v) is 34.3. The molecule has 1 saturated heterocycles. The van der Waals surface area contributed by atoms with Crippen LogP contribution in [0.5, 0.6) is 0 Å². The van der Waals surface area contributed by atoms with Crippen molar-refractivity contribution >= 4 is 45.6 Å². The molecule has 6 atom stereocenters. The third kappa shape index (κ3) is 7.97. The van der Waals surface area contributed by atoms with Crippen molar-refractivity contribution in [3.8, 4) is 0 Å².